The van der Waals surface area contributed by atoms with Crippen molar-refractivity contribution in [3.8, 4) is 0 Å². The Labute approximate surface area is 82.5 Å². The van der Waals surface area contributed by atoms with Gasteiger partial charge in [0.05, 0.1) is 0 Å². The fraction of sp³-hybridized carbons (Fsp3) is 1.00. The second kappa shape index (κ2) is 3.27. The number of nitrogens with zero attached hydrogens (tertiary/aromatic N) is 1. The van der Waals surface area contributed by atoms with Crippen molar-refractivity contribution in [2.75, 3.05) is 13.1 Å². The van der Waals surface area contributed by atoms with Crippen molar-refractivity contribution in [2.24, 2.45) is 23.7 Å². The average molecular weight is 181 g/mol. The van der Waals surface area contributed by atoms with Gasteiger partial charge in [-0.15, -0.1) is 0 Å². The Kier molecular flexibility index (Phi) is 2.39. The third kappa shape index (κ3) is 1.63. The maximum absolute atomic E-state index is 2.66. The first-order valence-corrected chi connectivity index (χ1v) is 5.85. The number of hydrogen-bond acceptors (Lipinski definition) is 1. The Morgan fingerprint density at radius 3 is 2.31 bits per heavy atom. The van der Waals surface area contributed by atoms with Crippen LogP contribution in [0.25, 0.3) is 0 Å². The normalized spacial score (nSPS) is 39.7. The van der Waals surface area contributed by atoms with E-state index in [1.807, 2.05) is 0 Å². The molecule has 1 heterocycles. The van der Waals surface area contributed by atoms with Gasteiger partial charge in [0.25, 0.3) is 0 Å². The minimum atomic E-state index is 0.759. The SMILES string of the molecule is CC(C)C1C2CCN(C(C)C)CC21. The first kappa shape index (κ1) is 9.51. The van der Waals surface area contributed by atoms with Crippen molar-refractivity contribution in [2.45, 2.75) is 40.2 Å². The second-order valence-corrected chi connectivity index (χ2v) is 5.53. The molecule has 1 saturated heterocycles. The summed E-state index contributed by atoms with van der Waals surface area (Å²) in [6.45, 7) is 12.2. The quantitative estimate of drug-likeness (QED) is 0.633. The lowest BCUT2D eigenvalue weighted by molar-refractivity contribution is 0.176. The molecule has 1 nitrogen and oxygen atoms in total. The van der Waals surface area contributed by atoms with Crippen molar-refractivity contribution < 1.29 is 0 Å². The minimum Gasteiger partial charge on any atom is -0.301 e. The Morgan fingerprint density at radius 2 is 1.77 bits per heavy atom. The maximum atomic E-state index is 2.66. The molecule has 1 aliphatic heterocycles. The summed E-state index contributed by atoms with van der Waals surface area (Å²) in [5, 5.41) is 0. The van der Waals surface area contributed by atoms with Gasteiger partial charge < -0.3 is 4.90 Å². The molecule has 3 atom stereocenters. The largest absolute Gasteiger partial charge is 0.301 e. The van der Waals surface area contributed by atoms with E-state index in [0.29, 0.717) is 0 Å². The summed E-state index contributed by atoms with van der Waals surface area (Å²) < 4.78 is 0. The Bertz CT molecular complexity index is 180. The monoisotopic (exact) mass is 181 g/mol. The molecule has 0 amide bonds. The Morgan fingerprint density at radius 1 is 1.08 bits per heavy atom. The van der Waals surface area contributed by atoms with Crippen LogP contribution >= 0.6 is 0 Å². The lowest BCUT2D eigenvalue weighted by Gasteiger charge is -2.29. The zero-order valence-corrected chi connectivity index (χ0v) is 9.46. The first-order valence-electron chi connectivity index (χ1n) is 5.85. The van der Waals surface area contributed by atoms with Gasteiger partial charge in [-0.3, -0.25) is 0 Å². The predicted octanol–water partition coefficient (Wildman–Crippen LogP) is 2.62. The van der Waals surface area contributed by atoms with Gasteiger partial charge in [-0.05, 0) is 50.5 Å². The summed E-state index contributed by atoms with van der Waals surface area (Å²) in [4.78, 5) is 2.66. The zero-order chi connectivity index (χ0) is 9.59. The van der Waals surface area contributed by atoms with Crippen molar-refractivity contribution in [3.05, 3.63) is 0 Å². The summed E-state index contributed by atoms with van der Waals surface area (Å²) in [6, 6.07) is 0.759. The highest BCUT2D eigenvalue weighted by atomic mass is 15.2. The van der Waals surface area contributed by atoms with Crippen LogP contribution in [0.2, 0.25) is 0 Å². The van der Waals surface area contributed by atoms with Crippen LogP contribution in [0.3, 0.4) is 0 Å². The molecule has 1 heteroatoms. The highest BCUT2D eigenvalue weighted by molar-refractivity contribution is 5.03. The highest BCUT2D eigenvalue weighted by Gasteiger charge is 2.53. The number of likely N-dealkylation sites (tertiary alicyclic amines) is 1. The topological polar surface area (TPSA) is 3.24 Å². The van der Waals surface area contributed by atoms with Crippen molar-refractivity contribution in [3.63, 3.8) is 0 Å². The molecule has 0 bridgehead atoms. The molecule has 0 aromatic rings. The van der Waals surface area contributed by atoms with Crippen LogP contribution in [-0.4, -0.2) is 24.0 Å². The lowest BCUT2D eigenvalue weighted by atomic mass is 10.1. The third-order valence-corrected chi connectivity index (χ3v) is 4.09. The zero-order valence-electron chi connectivity index (χ0n) is 9.46. The van der Waals surface area contributed by atoms with E-state index in [9.17, 15) is 0 Å². The third-order valence-electron chi connectivity index (χ3n) is 4.09. The van der Waals surface area contributed by atoms with E-state index in [1.165, 1.54) is 19.5 Å². The first-order chi connectivity index (χ1) is 6.11. The van der Waals surface area contributed by atoms with Crippen molar-refractivity contribution >= 4 is 0 Å². The lowest BCUT2D eigenvalue weighted by Crippen LogP contribution is -2.36. The van der Waals surface area contributed by atoms with E-state index >= 15 is 0 Å². The molecule has 1 aliphatic carbocycles. The fourth-order valence-corrected chi connectivity index (χ4v) is 3.27. The van der Waals surface area contributed by atoms with E-state index in [2.05, 4.69) is 32.6 Å². The molecule has 13 heavy (non-hydrogen) atoms. The number of piperidine rings is 1. The van der Waals surface area contributed by atoms with Crippen molar-refractivity contribution in [1.82, 2.24) is 4.90 Å². The van der Waals surface area contributed by atoms with E-state index in [-0.39, 0.29) is 0 Å². The fourth-order valence-electron chi connectivity index (χ4n) is 3.27. The van der Waals surface area contributed by atoms with Gasteiger partial charge in [0.2, 0.25) is 0 Å². The molecule has 0 radical (unpaired) electrons. The minimum absolute atomic E-state index is 0.759. The maximum Gasteiger partial charge on any atom is 0.00387 e. The van der Waals surface area contributed by atoms with Gasteiger partial charge in [0.15, 0.2) is 0 Å². The molecular formula is C12H23N. The summed E-state index contributed by atoms with van der Waals surface area (Å²) in [5.74, 6) is 4.12. The van der Waals surface area contributed by atoms with Crippen LogP contribution in [0, 0.1) is 23.7 Å². The summed E-state index contributed by atoms with van der Waals surface area (Å²) in [5.41, 5.74) is 0. The van der Waals surface area contributed by atoms with Gasteiger partial charge in [-0.25, -0.2) is 0 Å². The molecule has 1 saturated carbocycles. The van der Waals surface area contributed by atoms with E-state index in [4.69, 9.17) is 0 Å². The van der Waals surface area contributed by atoms with Gasteiger partial charge in [0.1, 0.15) is 0 Å². The van der Waals surface area contributed by atoms with Crippen LogP contribution in [0.1, 0.15) is 34.1 Å². The molecule has 2 aliphatic rings. The smallest absolute Gasteiger partial charge is 0.00387 e. The molecule has 2 rings (SSSR count). The Hall–Kier alpha value is -0.0400. The van der Waals surface area contributed by atoms with Gasteiger partial charge in [0, 0.05) is 12.6 Å². The number of fused-ring (bicyclic) bond motifs is 1. The van der Waals surface area contributed by atoms with Crippen LogP contribution in [0.4, 0.5) is 0 Å². The molecule has 3 unspecified atom stereocenters. The molecule has 0 N–H and O–H groups in total. The average Bonchev–Trinajstić information content (AvgIpc) is 2.75. The van der Waals surface area contributed by atoms with Crippen LogP contribution in [-0.2, 0) is 0 Å². The second-order valence-electron chi connectivity index (χ2n) is 5.53. The molecular weight excluding hydrogens is 158 g/mol. The van der Waals surface area contributed by atoms with Crippen LogP contribution < -0.4 is 0 Å². The number of hydrogen-bond donors (Lipinski definition) is 0. The van der Waals surface area contributed by atoms with E-state index in [0.717, 1.165) is 29.7 Å². The predicted molar refractivity (Wildman–Crippen MR) is 56.6 cm³/mol. The molecule has 0 aromatic carbocycles. The Balaban J connectivity index is 1.90. The highest BCUT2D eigenvalue weighted by Crippen LogP contribution is 2.55. The van der Waals surface area contributed by atoms with Gasteiger partial charge in [-0.2, -0.15) is 0 Å². The van der Waals surface area contributed by atoms with E-state index < -0.39 is 0 Å². The van der Waals surface area contributed by atoms with E-state index in [1.54, 1.807) is 0 Å². The summed E-state index contributed by atoms with van der Waals surface area (Å²) in [7, 11) is 0. The molecule has 0 spiro atoms. The van der Waals surface area contributed by atoms with Crippen molar-refractivity contribution in [1.29, 1.82) is 0 Å². The van der Waals surface area contributed by atoms with Crippen LogP contribution in [0.15, 0.2) is 0 Å². The molecule has 0 aromatic heterocycles. The van der Waals surface area contributed by atoms with Crippen LogP contribution in [0.5, 0.6) is 0 Å². The standard InChI is InChI=1S/C12H23N/c1-8(2)12-10-5-6-13(9(3)4)7-11(10)12/h8-12H,5-7H2,1-4H3. The number of rotatable bonds is 2. The summed E-state index contributed by atoms with van der Waals surface area (Å²) in [6.07, 6.45) is 1.46. The molecule has 76 valence electrons. The molecule has 2 fully saturated rings. The van der Waals surface area contributed by atoms with Gasteiger partial charge in [-0.1, -0.05) is 13.8 Å². The van der Waals surface area contributed by atoms with Gasteiger partial charge >= 0.3 is 0 Å². The summed E-state index contributed by atoms with van der Waals surface area (Å²) >= 11 is 0.